The maximum Gasteiger partial charge on any atom is 0.295 e. The van der Waals surface area contributed by atoms with Gasteiger partial charge in [0.05, 0.1) is 6.61 Å². The zero-order chi connectivity index (χ0) is 23.9. The Kier molecular flexibility index (Phi) is 5.63. The average molecular weight is 473 g/mol. The van der Waals surface area contributed by atoms with Crippen molar-refractivity contribution in [2.45, 2.75) is 24.7 Å². The molecule has 172 valence electrons. The normalized spacial score (nSPS) is 12.3. The van der Waals surface area contributed by atoms with Gasteiger partial charge >= 0.3 is 0 Å². The van der Waals surface area contributed by atoms with Gasteiger partial charge in [0.25, 0.3) is 10.1 Å². The van der Waals surface area contributed by atoms with Crippen molar-refractivity contribution in [3.05, 3.63) is 90.0 Å². The number of ether oxygens (including phenoxy) is 1. The summed E-state index contributed by atoms with van der Waals surface area (Å²) in [7, 11) is -4.60. The van der Waals surface area contributed by atoms with E-state index < -0.39 is 10.1 Å². The van der Waals surface area contributed by atoms with Crippen molar-refractivity contribution in [2.24, 2.45) is 0 Å². The lowest BCUT2D eigenvalue weighted by molar-refractivity contribution is 0.317. The zero-order valence-corrected chi connectivity index (χ0v) is 19.5. The molecule has 0 fully saturated rings. The number of benzene rings is 4. The van der Waals surface area contributed by atoms with E-state index in [1.807, 2.05) is 49.4 Å². The number of fused-ring (bicyclic) bond motifs is 3. The molecule has 0 amide bonds. The third-order valence-electron chi connectivity index (χ3n) is 6.11. The highest BCUT2D eigenvalue weighted by molar-refractivity contribution is 7.86. The number of rotatable bonds is 6. The Hall–Kier alpha value is -3.61. The van der Waals surface area contributed by atoms with E-state index in [0.29, 0.717) is 41.0 Å². The van der Waals surface area contributed by atoms with Crippen molar-refractivity contribution < 1.29 is 22.8 Å². The van der Waals surface area contributed by atoms with E-state index in [1.165, 1.54) is 12.1 Å². The summed E-state index contributed by atoms with van der Waals surface area (Å²) in [5.74, 6) is 0.778. The number of phenols is 1. The molecule has 6 heteroatoms. The molecule has 1 aliphatic carbocycles. The fourth-order valence-electron chi connectivity index (χ4n) is 4.62. The van der Waals surface area contributed by atoms with Gasteiger partial charge in [-0.2, -0.15) is 8.42 Å². The molecule has 34 heavy (non-hydrogen) atoms. The molecule has 5 nitrogen and oxygen atoms in total. The van der Waals surface area contributed by atoms with E-state index in [2.05, 4.69) is 0 Å². The molecule has 0 bridgehead atoms. The maximum absolute atomic E-state index is 12.9. The first-order valence-corrected chi connectivity index (χ1v) is 12.6. The fraction of sp³-hybridized carbons (Fsp3) is 0.143. The van der Waals surface area contributed by atoms with E-state index in [9.17, 15) is 18.1 Å². The van der Waals surface area contributed by atoms with Gasteiger partial charge in [0.2, 0.25) is 0 Å². The van der Waals surface area contributed by atoms with Crippen LogP contribution in [0.2, 0.25) is 0 Å². The van der Waals surface area contributed by atoms with Crippen LogP contribution in [0.15, 0.2) is 83.8 Å². The molecular weight excluding hydrogens is 448 g/mol. The van der Waals surface area contributed by atoms with Crippen molar-refractivity contribution in [2.75, 3.05) is 6.61 Å². The highest BCUT2D eigenvalue weighted by Crippen LogP contribution is 2.48. The number of phenolic OH excluding ortho intramolecular Hbond substituents is 1. The first-order chi connectivity index (χ1) is 16.4. The van der Waals surface area contributed by atoms with Gasteiger partial charge in [-0.05, 0) is 76.6 Å². The second-order valence-corrected chi connectivity index (χ2v) is 9.74. The van der Waals surface area contributed by atoms with Gasteiger partial charge < -0.3 is 9.84 Å². The van der Waals surface area contributed by atoms with E-state index in [0.717, 1.165) is 28.7 Å². The van der Waals surface area contributed by atoms with Gasteiger partial charge in [-0.25, -0.2) is 0 Å². The summed E-state index contributed by atoms with van der Waals surface area (Å²) < 4.78 is 41.8. The van der Waals surface area contributed by atoms with Crippen LogP contribution >= 0.6 is 0 Å². The quantitative estimate of drug-likeness (QED) is 0.282. The van der Waals surface area contributed by atoms with Gasteiger partial charge in [0.15, 0.2) is 0 Å². The van der Waals surface area contributed by atoms with Crippen LogP contribution in [0.1, 0.15) is 24.5 Å². The predicted octanol–water partition coefficient (Wildman–Crippen LogP) is 6.33. The van der Waals surface area contributed by atoms with Crippen LogP contribution < -0.4 is 4.74 Å². The van der Waals surface area contributed by atoms with Crippen LogP contribution in [0.5, 0.6) is 11.5 Å². The Morgan fingerprint density at radius 3 is 2.21 bits per heavy atom. The molecule has 4 aromatic rings. The zero-order valence-electron chi connectivity index (χ0n) is 18.7. The molecule has 0 atom stereocenters. The third kappa shape index (κ3) is 3.95. The summed E-state index contributed by atoms with van der Waals surface area (Å²) >= 11 is 0. The van der Waals surface area contributed by atoms with Crippen molar-refractivity contribution >= 4 is 10.1 Å². The van der Waals surface area contributed by atoms with Gasteiger partial charge in [0, 0.05) is 11.1 Å². The molecule has 0 saturated carbocycles. The molecule has 1 aliphatic rings. The van der Waals surface area contributed by atoms with Crippen LogP contribution in [0.25, 0.3) is 33.4 Å². The first-order valence-electron chi connectivity index (χ1n) is 11.1. The number of aromatic hydroxyl groups is 1. The minimum Gasteiger partial charge on any atom is -0.508 e. The Balaban J connectivity index is 1.81. The minimum atomic E-state index is -4.60. The van der Waals surface area contributed by atoms with Crippen molar-refractivity contribution in [1.82, 2.24) is 0 Å². The molecular formula is C28H24O5S. The number of hydrogen-bond donors (Lipinski definition) is 2. The number of hydrogen-bond acceptors (Lipinski definition) is 4. The van der Waals surface area contributed by atoms with Crippen LogP contribution in [-0.4, -0.2) is 24.7 Å². The van der Waals surface area contributed by atoms with E-state index in [-0.39, 0.29) is 10.6 Å². The molecule has 0 radical (unpaired) electrons. The van der Waals surface area contributed by atoms with Gasteiger partial charge in [-0.15, -0.1) is 0 Å². The van der Waals surface area contributed by atoms with Crippen molar-refractivity contribution in [3.8, 4) is 44.9 Å². The second-order valence-electron chi connectivity index (χ2n) is 8.38. The highest BCUT2D eigenvalue weighted by Gasteiger charge is 2.31. The summed E-state index contributed by atoms with van der Waals surface area (Å²) in [5, 5.41) is 9.81. The summed E-state index contributed by atoms with van der Waals surface area (Å²) in [5.41, 5.74) is 6.06. The monoisotopic (exact) mass is 472 g/mol. The predicted molar refractivity (Wildman–Crippen MR) is 133 cm³/mol. The van der Waals surface area contributed by atoms with Crippen molar-refractivity contribution in [1.29, 1.82) is 0 Å². The highest BCUT2D eigenvalue weighted by atomic mass is 32.2. The van der Waals surface area contributed by atoms with Gasteiger partial charge in [-0.1, -0.05) is 55.5 Å². The minimum absolute atomic E-state index is 0.0795. The molecule has 0 aromatic heterocycles. The van der Waals surface area contributed by atoms with E-state index in [1.54, 1.807) is 24.3 Å². The Labute approximate surface area is 199 Å². The average Bonchev–Trinajstić information content (AvgIpc) is 3.20. The molecule has 0 aliphatic heterocycles. The second kappa shape index (κ2) is 8.63. The van der Waals surface area contributed by atoms with Crippen LogP contribution in [0.3, 0.4) is 0 Å². The molecule has 4 aromatic carbocycles. The first kappa shape index (κ1) is 22.2. The summed E-state index contributed by atoms with van der Waals surface area (Å²) in [6.07, 6.45) is 1.43. The summed E-state index contributed by atoms with van der Waals surface area (Å²) in [4.78, 5) is -0.132. The summed E-state index contributed by atoms with van der Waals surface area (Å²) in [6, 6.07) is 23.5. The largest absolute Gasteiger partial charge is 0.508 e. The van der Waals surface area contributed by atoms with Crippen molar-refractivity contribution in [3.63, 3.8) is 0 Å². The molecule has 0 spiro atoms. The van der Waals surface area contributed by atoms with Crippen LogP contribution in [0.4, 0.5) is 0 Å². The molecule has 0 unspecified atom stereocenters. The molecule has 0 saturated heterocycles. The molecule has 2 N–H and O–H groups in total. The Bertz CT molecular complexity index is 1470. The molecule has 5 rings (SSSR count). The third-order valence-corrected chi connectivity index (χ3v) is 7.05. The summed E-state index contributed by atoms with van der Waals surface area (Å²) in [6.45, 7) is 2.62. The van der Waals surface area contributed by atoms with E-state index >= 15 is 0 Å². The Morgan fingerprint density at radius 2 is 1.53 bits per heavy atom. The fourth-order valence-corrected chi connectivity index (χ4v) is 5.58. The molecule has 0 heterocycles. The maximum atomic E-state index is 12.9. The SMILES string of the molecule is CCCOc1ccc(-c2cc3c(c(-c4ccc(O)cc4)c2S(=O)(=O)O)Cc2ccccc2-3)cc1. The lowest BCUT2D eigenvalue weighted by Gasteiger charge is -2.19. The van der Waals surface area contributed by atoms with Crippen LogP contribution in [-0.2, 0) is 16.5 Å². The van der Waals surface area contributed by atoms with Gasteiger partial charge in [-0.3, -0.25) is 4.55 Å². The lowest BCUT2D eigenvalue weighted by atomic mass is 9.90. The van der Waals surface area contributed by atoms with E-state index in [4.69, 9.17) is 4.74 Å². The smallest absolute Gasteiger partial charge is 0.295 e. The topological polar surface area (TPSA) is 83.8 Å². The lowest BCUT2D eigenvalue weighted by Crippen LogP contribution is -2.06. The standard InChI is InChI=1S/C28H24O5S/c1-2-15-33-22-13-9-18(10-14-22)24-17-25-23-6-4-3-5-20(23)16-26(25)27(28(24)34(30,31)32)19-7-11-21(29)12-8-19/h3-14,17,29H,2,15-16H2,1H3,(H,30,31,32). The Morgan fingerprint density at radius 1 is 0.853 bits per heavy atom. The van der Waals surface area contributed by atoms with Gasteiger partial charge in [0.1, 0.15) is 16.4 Å². The van der Waals surface area contributed by atoms with Crippen LogP contribution in [0, 0.1) is 0 Å².